The molecule has 0 amide bonds. The molecule has 34 heavy (non-hydrogen) atoms. The van der Waals surface area contributed by atoms with Crippen molar-refractivity contribution < 1.29 is 23.0 Å². The molecule has 0 saturated carbocycles. The standard InChI is InChI=1S/C24H28F3N5O2/c1-13(15-6-5-7-16(19(15)25)20(26)27)28-21-17-12-18(32-10-8-24(3,33)9-11-32)23(34-4)31-22(17)30-14(2)29-21/h5-7,12-13,20,33H,8-11H2,1-4H3,(H,28,29,30,31). The lowest BCUT2D eigenvalue weighted by Crippen LogP contribution is -2.42. The molecule has 2 aromatic heterocycles. The van der Waals surface area contributed by atoms with Crippen molar-refractivity contribution in [2.45, 2.75) is 51.7 Å². The van der Waals surface area contributed by atoms with Gasteiger partial charge in [0.15, 0.2) is 5.65 Å². The number of hydrogen-bond donors (Lipinski definition) is 2. The summed E-state index contributed by atoms with van der Waals surface area (Å²) in [7, 11) is 1.53. The second-order valence-electron chi connectivity index (χ2n) is 8.91. The Bertz CT molecular complexity index is 1190. The average molecular weight is 476 g/mol. The highest BCUT2D eigenvalue weighted by Gasteiger charge is 2.29. The van der Waals surface area contributed by atoms with E-state index >= 15 is 0 Å². The zero-order valence-electron chi connectivity index (χ0n) is 19.6. The summed E-state index contributed by atoms with van der Waals surface area (Å²) in [5.41, 5.74) is -0.104. The van der Waals surface area contributed by atoms with E-state index in [2.05, 4.69) is 25.2 Å². The number of rotatable bonds is 6. The van der Waals surface area contributed by atoms with Gasteiger partial charge in [-0.3, -0.25) is 0 Å². The zero-order valence-corrected chi connectivity index (χ0v) is 19.6. The van der Waals surface area contributed by atoms with E-state index < -0.39 is 29.4 Å². The first-order chi connectivity index (χ1) is 16.1. The molecule has 1 aromatic carbocycles. The van der Waals surface area contributed by atoms with Gasteiger partial charge in [-0.2, -0.15) is 4.98 Å². The van der Waals surface area contributed by atoms with Crippen LogP contribution < -0.4 is 15.0 Å². The summed E-state index contributed by atoms with van der Waals surface area (Å²) in [5.74, 6) is 0.327. The first-order valence-electron chi connectivity index (χ1n) is 11.1. The van der Waals surface area contributed by atoms with Crippen LogP contribution in [0.2, 0.25) is 0 Å². The summed E-state index contributed by atoms with van der Waals surface area (Å²) in [6.07, 6.45) is -1.71. The minimum Gasteiger partial charge on any atom is -0.479 e. The van der Waals surface area contributed by atoms with Gasteiger partial charge in [0.25, 0.3) is 6.43 Å². The van der Waals surface area contributed by atoms with E-state index in [4.69, 9.17) is 4.74 Å². The number of aliphatic hydroxyl groups is 1. The molecular weight excluding hydrogens is 447 g/mol. The number of aromatic nitrogens is 3. The van der Waals surface area contributed by atoms with Gasteiger partial charge in [0.1, 0.15) is 23.1 Å². The van der Waals surface area contributed by atoms with Crippen molar-refractivity contribution >= 4 is 22.5 Å². The van der Waals surface area contributed by atoms with Crippen molar-refractivity contribution in [2.75, 3.05) is 30.4 Å². The lowest BCUT2D eigenvalue weighted by atomic mass is 9.93. The normalized spacial score (nSPS) is 16.7. The lowest BCUT2D eigenvalue weighted by Gasteiger charge is -2.37. The lowest BCUT2D eigenvalue weighted by molar-refractivity contribution is 0.0350. The van der Waals surface area contributed by atoms with Gasteiger partial charge in [0.2, 0.25) is 5.88 Å². The molecule has 4 rings (SSSR count). The SMILES string of the molecule is COc1nc2nc(C)nc(NC(C)c3cccc(C(F)F)c3F)c2cc1N1CCC(C)(O)CC1. The van der Waals surface area contributed by atoms with Crippen LogP contribution in [0.25, 0.3) is 11.0 Å². The third kappa shape index (κ3) is 4.72. The van der Waals surface area contributed by atoms with Crippen molar-refractivity contribution in [3.8, 4) is 5.88 Å². The zero-order chi connectivity index (χ0) is 24.6. The maximum atomic E-state index is 14.7. The quantitative estimate of drug-likeness (QED) is 0.522. The Kier molecular flexibility index (Phi) is 6.53. The number of hydrogen-bond acceptors (Lipinski definition) is 7. The Morgan fingerprint density at radius 1 is 1.15 bits per heavy atom. The van der Waals surface area contributed by atoms with E-state index in [-0.39, 0.29) is 5.56 Å². The summed E-state index contributed by atoms with van der Waals surface area (Å²) in [6, 6.07) is 5.19. The third-order valence-corrected chi connectivity index (χ3v) is 6.23. The van der Waals surface area contributed by atoms with Gasteiger partial charge in [-0.25, -0.2) is 23.1 Å². The summed E-state index contributed by atoms with van der Waals surface area (Å²) in [5, 5.41) is 14.1. The van der Waals surface area contributed by atoms with E-state index in [1.165, 1.54) is 19.2 Å². The van der Waals surface area contributed by atoms with Crippen molar-refractivity contribution in [2.24, 2.45) is 0 Å². The molecule has 7 nitrogen and oxygen atoms in total. The van der Waals surface area contributed by atoms with Crippen LogP contribution >= 0.6 is 0 Å². The first-order valence-corrected chi connectivity index (χ1v) is 11.1. The number of halogens is 3. The third-order valence-electron chi connectivity index (χ3n) is 6.23. The number of nitrogens with one attached hydrogen (secondary N) is 1. The Morgan fingerprint density at radius 3 is 2.47 bits per heavy atom. The van der Waals surface area contributed by atoms with Crippen LogP contribution in [0.1, 0.15) is 56.1 Å². The maximum Gasteiger partial charge on any atom is 0.266 e. The molecule has 182 valence electrons. The van der Waals surface area contributed by atoms with Gasteiger partial charge in [-0.05, 0) is 39.7 Å². The number of methoxy groups -OCH3 is 1. The second-order valence-corrected chi connectivity index (χ2v) is 8.91. The Balaban J connectivity index is 1.74. The van der Waals surface area contributed by atoms with Gasteiger partial charge in [-0.1, -0.05) is 18.2 Å². The number of fused-ring (bicyclic) bond motifs is 1. The smallest absolute Gasteiger partial charge is 0.266 e. The molecule has 2 N–H and O–H groups in total. The number of aryl methyl sites for hydroxylation is 1. The second kappa shape index (κ2) is 9.25. The number of alkyl halides is 2. The highest BCUT2D eigenvalue weighted by Crippen LogP contribution is 2.36. The van der Waals surface area contributed by atoms with Gasteiger partial charge >= 0.3 is 0 Å². The Morgan fingerprint density at radius 2 is 1.82 bits per heavy atom. The molecule has 10 heteroatoms. The number of pyridine rings is 1. The Hall–Kier alpha value is -3.14. The molecular formula is C24H28F3N5O2. The molecule has 0 bridgehead atoms. The summed E-state index contributed by atoms with van der Waals surface area (Å²) >= 11 is 0. The fourth-order valence-corrected chi connectivity index (χ4v) is 4.21. The van der Waals surface area contributed by atoms with E-state index in [0.717, 1.165) is 11.8 Å². The number of piperidine rings is 1. The average Bonchev–Trinajstić information content (AvgIpc) is 2.78. The maximum absolute atomic E-state index is 14.7. The monoisotopic (exact) mass is 475 g/mol. The molecule has 3 heterocycles. The van der Waals surface area contributed by atoms with Crippen molar-refractivity contribution in [1.29, 1.82) is 0 Å². The summed E-state index contributed by atoms with van der Waals surface area (Å²) < 4.78 is 46.6. The molecule has 0 aliphatic carbocycles. The minimum atomic E-state index is -2.90. The predicted molar refractivity (Wildman–Crippen MR) is 124 cm³/mol. The van der Waals surface area contributed by atoms with E-state index in [9.17, 15) is 18.3 Å². The van der Waals surface area contributed by atoms with Crippen LogP contribution in [-0.4, -0.2) is 45.9 Å². The summed E-state index contributed by atoms with van der Waals surface area (Å²) in [4.78, 5) is 15.6. The Labute approximate surface area is 196 Å². The van der Waals surface area contributed by atoms with E-state index in [0.29, 0.717) is 54.5 Å². The van der Waals surface area contributed by atoms with Crippen LogP contribution in [0.4, 0.5) is 24.7 Å². The summed E-state index contributed by atoms with van der Waals surface area (Å²) in [6.45, 7) is 6.45. The molecule has 0 radical (unpaired) electrons. The predicted octanol–water partition coefficient (Wildman–Crippen LogP) is 4.94. The molecule has 1 atom stereocenters. The van der Waals surface area contributed by atoms with Gasteiger partial charge in [0.05, 0.1) is 29.7 Å². The molecule has 1 fully saturated rings. The minimum absolute atomic E-state index is 0.113. The number of anilines is 2. The fraction of sp³-hybridized carbons (Fsp3) is 0.458. The van der Waals surface area contributed by atoms with Crippen molar-refractivity contribution in [3.63, 3.8) is 0 Å². The van der Waals surface area contributed by atoms with Gasteiger partial charge < -0.3 is 20.1 Å². The van der Waals surface area contributed by atoms with E-state index in [1.54, 1.807) is 13.8 Å². The number of ether oxygens (including phenoxy) is 1. The molecule has 0 spiro atoms. The fourth-order valence-electron chi connectivity index (χ4n) is 4.21. The van der Waals surface area contributed by atoms with Crippen molar-refractivity contribution in [1.82, 2.24) is 15.0 Å². The van der Waals surface area contributed by atoms with E-state index in [1.807, 2.05) is 13.0 Å². The molecule has 1 aliphatic rings. The van der Waals surface area contributed by atoms with Gasteiger partial charge in [-0.15, -0.1) is 0 Å². The topological polar surface area (TPSA) is 83.4 Å². The molecule has 1 unspecified atom stereocenters. The first kappa shape index (κ1) is 24.0. The van der Waals surface area contributed by atoms with Crippen LogP contribution in [0.15, 0.2) is 24.3 Å². The molecule has 1 aliphatic heterocycles. The largest absolute Gasteiger partial charge is 0.479 e. The highest BCUT2D eigenvalue weighted by molar-refractivity contribution is 5.90. The van der Waals surface area contributed by atoms with Crippen LogP contribution in [0.5, 0.6) is 5.88 Å². The van der Waals surface area contributed by atoms with Crippen LogP contribution in [-0.2, 0) is 0 Å². The molecule has 1 saturated heterocycles. The highest BCUT2D eigenvalue weighted by atomic mass is 19.3. The number of benzene rings is 1. The molecule has 3 aromatic rings. The van der Waals surface area contributed by atoms with Gasteiger partial charge in [0, 0.05) is 18.7 Å². The van der Waals surface area contributed by atoms with Crippen LogP contribution in [0.3, 0.4) is 0 Å². The van der Waals surface area contributed by atoms with Crippen LogP contribution in [0, 0.1) is 12.7 Å². The van der Waals surface area contributed by atoms with Crippen molar-refractivity contribution in [3.05, 3.63) is 47.0 Å². The number of nitrogens with zero attached hydrogens (tertiary/aromatic N) is 4.